The van der Waals surface area contributed by atoms with Crippen LogP contribution in [0.1, 0.15) is 5.56 Å². The lowest BCUT2D eigenvalue weighted by molar-refractivity contribution is -0.131. The molecule has 140 valence electrons. The van der Waals surface area contributed by atoms with E-state index in [9.17, 15) is 9.59 Å². The maximum Gasteiger partial charge on any atom is 0.285 e. The smallest absolute Gasteiger partial charge is 0.285 e. The van der Waals surface area contributed by atoms with Crippen LogP contribution in [0.2, 0.25) is 0 Å². The Morgan fingerprint density at radius 2 is 1.81 bits per heavy atom. The maximum atomic E-state index is 12.4. The van der Waals surface area contributed by atoms with E-state index >= 15 is 0 Å². The third-order valence-corrected chi connectivity index (χ3v) is 5.30. The summed E-state index contributed by atoms with van der Waals surface area (Å²) in [5, 5.41) is 1.04. The average Bonchev–Trinajstić information content (AvgIpc) is 2.89. The van der Waals surface area contributed by atoms with Crippen LogP contribution in [-0.4, -0.2) is 51.9 Å². The molecule has 0 bridgehead atoms. The van der Waals surface area contributed by atoms with E-state index in [0.717, 1.165) is 28.0 Å². The number of carbonyl (C=O) groups is 2. The molecule has 1 aliphatic heterocycles. The summed E-state index contributed by atoms with van der Waals surface area (Å²) in [7, 11) is 0. The van der Waals surface area contributed by atoms with Gasteiger partial charge in [0.05, 0.1) is 4.91 Å². The van der Waals surface area contributed by atoms with E-state index in [1.54, 1.807) is 6.08 Å². The largest absolute Gasteiger partial charge is 0.369 e. The number of anilines is 1. The molecule has 1 aliphatic rings. The molecule has 1 N–H and O–H groups in total. The molecule has 0 radical (unpaired) electrons. The second-order valence-corrected chi connectivity index (χ2v) is 7.84. The van der Waals surface area contributed by atoms with Crippen LogP contribution in [0.3, 0.4) is 0 Å². The van der Waals surface area contributed by atoms with Crippen LogP contribution in [-0.2, 0) is 9.59 Å². The van der Waals surface area contributed by atoms with Crippen LogP contribution >= 0.6 is 58.8 Å². The van der Waals surface area contributed by atoms with Gasteiger partial charge in [0, 0.05) is 30.5 Å². The molecule has 1 fully saturated rings. The fourth-order valence-corrected chi connectivity index (χ4v) is 3.87. The Bertz CT molecular complexity index is 707. The highest BCUT2D eigenvalue weighted by Crippen LogP contribution is 2.31. The standard InChI is InChI=1S/C16H16Cl3N3O2S2/c17-5-7-21(8-6-18)12-3-1-11(2-4-12)9-13-15(24)22(16(25)26-13)20-14(23)10-19/h1-4,9H,5-8,10H2,(H,20,23)/b13-9-. The molecule has 1 heterocycles. The molecule has 26 heavy (non-hydrogen) atoms. The SMILES string of the molecule is O=C(CCl)NN1C(=O)/C(=C/c2ccc(N(CCCl)CCCl)cc2)SC1=S. The lowest BCUT2D eigenvalue weighted by Crippen LogP contribution is -2.45. The summed E-state index contributed by atoms with van der Waals surface area (Å²) in [6.45, 7) is 1.40. The van der Waals surface area contributed by atoms with E-state index in [1.165, 1.54) is 0 Å². The number of nitrogens with zero attached hydrogens (tertiary/aromatic N) is 2. The van der Waals surface area contributed by atoms with Gasteiger partial charge in [-0.3, -0.25) is 15.0 Å². The molecule has 1 aromatic carbocycles. The predicted octanol–water partition coefficient (Wildman–Crippen LogP) is 3.44. The van der Waals surface area contributed by atoms with Crippen LogP contribution < -0.4 is 10.3 Å². The predicted molar refractivity (Wildman–Crippen MR) is 114 cm³/mol. The lowest BCUT2D eigenvalue weighted by Gasteiger charge is -2.22. The Hall–Kier alpha value is -0.990. The van der Waals surface area contributed by atoms with E-state index in [2.05, 4.69) is 10.3 Å². The highest BCUT2D eigenvalue weighted by Gasteiger charge is 2.33. The molecule has 2 amide bonds. The second-order valence-electron chi connectivity index (χ2n) is 5.14. The van der Waals surface area contributed by atoms with Gasteiger partial charge in [-0.2, -0.15) is 5.01 Å². The number of rotatable bonds is 8. The van der Waals surface area contributed by atoms with Gasteiger partial charge in [0.15, 0.2) is 4.32 Å². The fraction of sp³-hybridized carbons (Fsp3) is 0.312. The summed E-state index contributed by atoms with van der Waals surface area (Å²) < 4.78 is 0.256. The van der Waals surface area contributed by atoms with E-state index < -0.39 is 5.91 Å². The molecule has 5 nitrogen and oxygen atoms in total. The van der Waals surface area contributed by atoms with Gasteiger partial charge in [0.25, 0.3) is 11.8 Å². The molecule has 10 heteroatoms. The van der Waals surface area contributed by atoms with Crippen molar-refractivity contribution in [1.29, 1.82) is 0 Å². The second kappa shape index (κ2) is 10.4. The first-order valence-electron chi connectivity index (χ1n) is 7.60. The Balaban J connectivity index is 2.13. The van der Waals surface area contributed by atoms with Gasteiger partial charge < -0.3 is 4.90 Å². The summed E-state index contributed by atoms with van der Waals surface area (Å²) in [5.74, 6) is -0.108. The Kier molecular flexibility index (Phi) is 8.50. The number of hydrogen-bond acceptors (Lipinski definition) is 5. The van der Waals surface area contributed by atoms with Crippen molar-refractivity contribution in [2.45, 2.75) is 0 Å². The van der Waals surface area contributed by atoms with Crippen molar-refractivity contribution in [1.82, 2.24) is 10.4 Å². The minimum Gasteiger partial charge on any atom is -0.369 e. The molecule has 2 rings (SSSR count). The average molecular weight is 453 g/mol. The van der Waals surface area contributed by atoms with Gasteiger partial charge in [-0.15, -0.1) is 34.8 Å². The number of thiocarbonyl (C=S) groups is 1. The molecule has 0 saturated carbocycles. The summed E-state index contributed by atoms with van der Waals surface area (Å²) in [5.41, 5.74) is 4.22. The Morgan fingerprint density at radius 3 is 2.35 bits per heavy atom. The van der Waals surface area contributed by atoms with Crippen LogP contribution in [0.4, 0.5) is 5.69 Å². The molecule has 0 atom stereocenters. The number of carbonyl (C=O) groups excluding carboxylic acids is 2. The zero-order chi connectivity index (χ0) is 19.1. The quantitative estimate of drug-likeness (QED) is 0.372. The highest BCUT2D eigenvalue weighted by atomic mass is 35.5. The molecule has 0 aromatic heterocycles. The van der Waals surface area contributed by atoms with Crippen molar-refractivity contribution in [3.05, 3.63) is 34.7 Å². The number of alkyl halides is 3. The first-order valence-corrected chi connectivity index (χ1v) is 10.4. The van der Waals surface area contributed by atoms with Crippen molar-refractivity contribution < 1.29 is 9.59 Å². The van der Waals surface area contributed by atoms with Crippen molar-refractivity contribution in [3.8, 4) is 0 Å². The lowest BCUT2D eigenvalue weighted by atomic mass is 10.1. The first-order chi connectivity index (χ1) is 12.5. The number of thioether (sulfide) groups is 1. The van der Waals surface area contributed by atoms with Gasteiger partial charge in [0.1, 0.15) is 5.88 Å². The normalized spacial score (nSPS) is 15.7. The van der Waals surface area contributed by atoms with Crippen LogP contribution in [0.15, 0.2) is 29.2 Å². The Morgan fingerprint density at radius 1 is 1.19 bits per heavy atom. The molecule has 0 spiro atoms. The summed E-state index contributed by atoms with van der Waals surface area (Å²) >= 11 is 23.3. The molecule has 0 unspecified atom stereocenters. The first kappa shape index (κ1) is 21.3. The van der Waals surface area contributed by atoms with E-state index in [-0.39, 0.29) is 16.1 Å². The molecule has 1 aromatic rings. The summed E-state index contributed by atoms with van der Waals surface area (Å²) in [6, 6.07) is 7.69. The number of amides is 2. The Labute approximate surface area is 176 Å². The minimum atomic E-state index is -0.493. The number of hydrogen-bond donors (Lipinski definition) is 1. The third-order valence-electron chi connectivity index (χ3n) is 3.42. The van der Waals surface area contributed by atoms with Crippen LogP contribution in [0.25, 0.3) is 6.08 Å². The minimum absolute atomic E-state index is 0.251. The zero-order valence-electron chi connectivity index (χ0n) is 13.6. The van der Waals surface area contributed by atoms with Crippen molar-refractivity contribution in [2.75, 3.05) is 35.6 Å². The molecule has 1 saturated heterocycles. The summed E-state index contributed by atoms with van der Waals surface area (Å²) in [6.07, 6.45) is 1.73. The number of hydrazine groups is 1. The van der Waals surface area contributed by atoms with Crippen molar-refractivity contribution in [3.63, 3.8) is 0 Å². The molecular weight excluding hydrogens is 437 g/mol. The number of halogens is 3. The third kappa shape index (κ3) is 5.50. The fourth-order valence-electron chi connectivity index (χ4n) is 2.23. The van der Waals surface area contributed by atoms with Crippen molar-refractivity contribution >= 4 is 86.7 Å². The maximum absolute atomic E-state index is 12.4. The molecule has 0 aliphatic carbocycles. The van der Waals surface area contributed by atoms with Crippen LogP contribution in [0.5, 0.6) is 0 Å². The van der Waals surface area contributed by atoms with Gasteiger partial charge in [0.2, 0.25) is 0 Å². The summed E-state index contributed by atoms with van der Waals surface area (Å²) in [4.78, 5) is 26.3. The van der Waals surface area contributed by atoms with Crippen molar-refractivity contribution in [2.24, 2.45) is 0 Å². The van der Waals surface area contributed by atoms with Gasteiger partial charge in [-0.25, -0.2) is 0 Å². The number of nitrogens with one attached hydrogen (secondary N) is 1. The highest BCUT2D eigenvalue weighted by molar-refractivity contribution is 8.26. The van der Waals surface area contributed by atoms with E-state index in [0.29, 0.717) is 29.8 Å². The van der Waals surface area contributed by atoms with Gasteiger partial charge >= 0.3 is 0 Å². The number of benzene rings is 1. The van der Waals surface area contributed by atoms with Gasteiger partial charge in [-0.05, 0) is 36.0 Å². The zero-order valence-corrected chi connectivity index (χ0v) is 17.5. The topological polar surface area (TPSA) is 52.7 Å². The van der Waals surface area contributed by atoms with E-state index in [4.69, 9.17) is 47.0 Å². The van der Waals surface area contributed by atoms with Crippen LogP contribution in [0, 0.1) is 0 Å². The monoisotopic (exact) mass is 451 g/mol. The molecular formula is C16H16Cl3N3O2S2. The van der Waals surface area contributed by atoms with Gasteiger partial charge in [-0.1, -0.05) is 23.9 Å². The van der Waals surface area contributed by atoms with E-state index in [1.807, 2.05) is 24.3 Å².